The van der Waals surface area contributed by atoms with Crippen LogP contribution in [-0.2, 0) is 0 Å². The molecule has 0 unspecified atom stereocenters. The standard InChI is InChI=1S/C9H8F2N2/c1-5-3-7(4-12)8(9(10)11)13-6(5)2/h3,9H,1-2H3. The van der Waals surface area contributed by atoms with Gasteiger partial charge in [0.05, 0.1) is 5.56 Å². The SMILES string of the molecule is Cc1cc(C#N)c(C(F)F)nc1C. The van der Waals surface area contributed by atoms with E-state index in [-0.39, 0.29) is 5.56 Å². The van der Waals surface area contributed by atoms with Crippen LogP contribution in [0.2, 0.25) is 0 Å². The van der Waals surface area contributed by atoms with Gasteiger partial charge >= 0.3 is 0 Å². The molecule has 13 heavy (non-hydrogen) atoms. The van der Waals surface area contributed by atoms with Crippen molar-refractivity contribution in [2.75, 3.05) is 0 Å². The Morgan fingerprint density at radius 1 is 1.46 bits per heavy atom. The molecule has 1 aromatic rings. The lowest BCUT2D eigenvalue weighted by molar-refractivity contribution is 0.145. The molecule has 0 fully saturated rings. The summed E-state index contributed by atoms with van der Waals surface area (Å²) in [4.78, 5) is 3.67. The highest BCUT2D eigenvalue weighted by atomic mass is 19.3. The van der Waals surface area contributed by atoms with Crippen molar-refractivity contribution in [1.29, 1.82) is 5.26 Å². The summed E-state index contributed by atoms with van der Waals surface area (Å²) in [5.74, 6) is 0. The minimum absolute atomic E-state index is 0.0434. The number of pyridine rings is 1. The van der Waals surface area contributed by atoms with Gasteiger partial charge in [-0.15, -0.1) is 0 Å². The van der Waals surface area contributed by atoms with Crippen LogP contribution in [0.4, 0.5) is 8.78 Å². The minimum atomic E-state index is -2.69. The van der Waals surface area contributed by atoms with E-state index in [4.69, 9.17) is 5.26 Å². The van der Waals surface area contributed by atoms with Crippen LogP contribution in [0.3, 0.4) is 0 Å². The van der Waals surface area contributed by atoms with Gasteiger partial charge in [-0.05, 0) is 25.5 Å². The number of aromatic nitrogens is 1. The number of nitriles is 1. The normalized spacial score (nSPS) is 10.2. The molecule has 4 heteroatoms. The molecule has 0 aromatic carbocycles. The van der Waals surface area contributed by atoms with Crippen molar-refractivity contribution in [3.63, 3.8) is 0 Å². The van der Waals surface area contributed by atoms with Gasteiger partial charge in [0.15, 0.2) is 0 Å². The third-order valence-corrected chi connectivity index (χ3v) is 1.82. The van der Waals surface area contributed by atoms with Crippen molar-refractivity contribution < 1.29 is 8.78 Å². The van der Waals surface area contributed by atoms with E-state index in [2.05, 4.69) is 4.98 Å². The van der Waals surface area contributed by atoms with E-state index >= 15 is 0 Å². The topological polar surface area (TPSA) is 36.7 Å². The van der Waals surface area contributed by atoms with Gasteiger partial charge in [0.25, 0.3) is 6.43 Å². The number of halogens is 2. The molecule has 0 aliphatic rings. The molecule has 0 radical (unpaired) electrons. The van der Waals surface area contributed by atoms with Crippen LogP contribution in [0, 0.1) is 25.2 Å². The molecule has 0 N–H and O–H groups in total. The quantitative estimate of drug-likeness (QED) is 0.669. The van der Waals surface area contributed by atoms with Gasteiger partial charge in [-0.3, -0.25) is 4.98 Å². The summed E-state index contributed by atoms with van der Waals surface area (Å²) in [6, 6.07) is 3.14. The first kappa shape index (κ1) is 9.59. The Hall–Kier alpha value is -1.50. The monoisotopic (exact) mass is 182 g/mol. The van der Waals surface area contributed by atoms with E-state index < -0.39 is 12.1 Å². The van der Waals surface area contributed by atoms with Gasteiger partial charge < -0.3 is 0 Å². The van der Waals surface area contributed by atoms with Crippen molar-refractivity contribution in [1.82, 2.24) is 4.98 Å². The second kappa shape index (κ2) is 3.48. The van der Waals surface area contributed by atoms with Gasteiger partial charge in [-0.2, -0.15) is 5.26 Å². The molecular weight excluding hydrogens is 174 g/mol. The number of nitrogens with zero attached hydrogens (tertiary/aromatic N) is 2. The molecule has 2 nitrogen and oxygen atoms in total. The maximum absolute atomic E-state index is 12.3. The molecule has 0 bridgehead atoms. The zero-order chi connectivity index (χ0) is 10.0. The third-order valence-electron chi connectivity index (χ3n) is 1.82. The fraction of sp³-hybridized carbons (Fsp3) is 0.333. The molecule has 0 spiro atoms. The first-order chi connectivity index (χ1) is 6.06. The molecule has 0 aliphatic heterocycles. The lowest BCUT2D eigenvalue weighted by Crippen LogP contribution is -1.99. The van der Waals surface area contributed by atoms with Crippen LogP contribution < -0.4 is 0 Å². The molecule has 0 atom stereocenters. The first-order valence-electron chi connectivity index (χ1n) is 3.72. The summed E-state index contributed by atoms with van der Waals surface area (Å²) in [6.45, 7) is 3.38. The summed E-state index contributed by atoms with van der Waals surface area (Å²) in [5.41, 5.74) is 0.818. The molecule has 1 rings (SSSR count). The molecule has 0 amide bonds. The Bertz CT molecular complexity index is 367. The lowest BCUT2D eigenvalue weighted by Gasteiger charge is -2.05. The second-order valence-corrected chi connectivity index (χ2v) is 2.74. The van der Waals surface area contributed by atoms with Crippen molar-refractivity contribution in [3.05, 3.63) is 28.6 Å². The predicted octanol–water partition coefficient (Wildman–Crippen LogP) is 2.51. The molecule has 0 saturated carbocycles. The fourth-order valence-electron chi connectivity index (χ4n) is 0.980. The molecule has 1 heterocycles. The van der Waals surface area contributed by atoms with Crippen LogP contribution in [0.5, 0.6) is 0 Å². The van der Waals surface area contributed by atoms with Gasteiger partial charge in [0.2, 0.25) is 0 Å². The summed E-state index contributed by atoms with van der Waals surface area (Å²) < 4.78 is 24.6. The highest BCUT2D eigenvalue weighted by Crippen LogP contribution is 2.22. The van der Waals surface area contributed by atoms with Crippen molar-refractivity contribution >= 4 is 0 Å². The third kappa shape index (κ3) is 1.81. The van der Waals surface area contributed by atoms with Crippen LogP contribution >= 0.6 is 0 Å². The summed E-state index contributed by atoms with van der Waals surface area (Å²) in [5, 5.41) is 8.56. The van der Waals surface area contributed by atoms with Crippen molar-refractivity contribution in [3.8, 4) is 6.07 Å². The fourth-order valence-corrected chi connectivity index (χ4v) is 0.980. The van der Waals surface area contributed by atoms with E-state index in [1.165, 1.54) is 6.07 Å². The molecule has 0 aliphatic carbocycles. The van der Waals surface area contributed by atoms with Crippen LogP contribution in [0.15, 0.2) is 6.07 Å². The minimum Gasteiger partial charge on any atom is -0.250 e. The molecular formula is C9H8F2N2. The van der Waals surface area contributed by atoms with Crippen LogP contribution in [0.1, 0.15) is 28.9 Å². The number of alkyl halides is 2. The number of hydrogen-bond donors (Lipinski definition) is 0. The Morgan fingerprint density at radius 2 is 2.08 bits per heavy atom. The van der Waals surface area contributed by atoms with Crippen LogP contribution in [0.25, 0.3) is 0 Å². The smallest absolute Gasteiger partial charge is 0.250 e. The van der Waals surface area contributed by atoms with E-state index in [0.29, 0.717) is 5.69 Å². The number of hydrogen-bond acceptors (Lipinski definition) is 2. The van der Waals surface area contributed by atoms with E-state index in [9.17, 15) is 8.78 Å². The predicted molar refractivity (Wildman–Crippen MR) is 43.4 cm³/mol. The number of aryl methyl sites for hydroxylation is 2. The molecule has 0 saturated heterocycles. The Labute approximate surface area is 74.8 Å². The van der Waals surface area contributed by atoms with E-state index in [0.717, 1.165) is 5.56 Å². The average Bonchev–Trinajstić information content (AvgIpc) is 2.08. The lowest BCUT2D eigenvalue weighted by atomic mass is 10.1. The zero-order valence-corrected chi connectivity index (χ0v) is 7.31. The summed E-state index contributed by atoms with van der Waals surface area (Å²) >= 11 is 0. The Kier molecular flexibility index (Phi) is 2.57. The Morgan fingerprint density at radius 3 is 2.54 bits per heavy atom. The second-order valence-electron chi connectivity index (χ2n) is 2.74. The van der Waals surface area contributed by atoms with Crippen molar-refractivity contribution in [2.45, 2.75) is 20.3 Å². The highest BCUT2D eigenvalue weighted by molar-refractivity contribution is 5.38. The molecule has 1 aromatic heterocycles. The maximum atomic E-state index is 12.3. The van der Waals surface area contributed by atoms with Crippen molar-refractivity contribution in [2.24, 2.45) is 0 Å². The largest absolute Gasteiger partial charge is 0.281 e. The number of rotatable bonds is 1. The Balaban J connectivity index is 3.35. The maximum Gasteiger partial charge on any atom is 0.281 e. The summed E-state index contributed by atoms with van der Waals surface area (Å²) in [7, 11) is 0. The van der Waals surface area contributed by atoms with E-state index in [1.54, 1.807) is 19.9 Å². The van der Waals surface area contributed by atoms with Gasteiger partial charge in [0.1, 0.15) is 11.8 Å². The summed E-state index contributed by atoms with van der Waals surface area (Å²) in [6.07, 6.45) is -2.69. The molecule has 68 valence electrons. The van der Waals surface area contributed by atoms with Gasteiger partial charge in [-0.1, -0.05) is 0 Å². The zero-order valence-electron chi connectivity index (χ0n) is 7.31. The average molecular weight is 182 g/mol. The van der Waals surface area contributed by atoms with E-state index in [1.807, 2.05) is 0 Å². The first-order valence-corrected chi connectivity index (χ1v) is 3.72. The van der Waals surface area contributed by atoms with Gasteiger partial charge in [-0.25, -0.2) is 8.78 Å². The highest BCUT2D eigenvalue weighted by Gasteiger charge is 2.15. The van der Waals surface area contributed by atoms with Gasteiger partial charge in [0, 0.05) is 5.69 Å². The van der Waals surface area contributed by atoms with Crippen LogP contribution in [-0.4, -0.2) is 4.98 Å².